The first kappa shape index (κ1) is 69.5. The quantitative estimate of drug-likeness (QED) is 0.0393. The van der Waals surface area contributed by atoms with Crippen molar-refractivity contribution in [1.29, 1.82) is 0 Å². The van der Waals surface area contributed by atoms with E-state index < -0.39 is 101 Å². The summed E-state index contributed by atoms with van der Waals surface area (Å²) in [7, 11) is 4.48. The molecule has 9 amide bonds. The van der Waals surface area contributed by atoms with Crippen LogP contribution in [0.1, 0.15) is 91.5 Å². The number of aliphatic hydroxyl groups is 1. The number of nitrogens with one attached hydrogen (secondary N) is 7. The van der Waals surface area contributed by atoms with Gasteiger partial charge in [-0.1, -0.05) is 63.1 Å². The van der Waals surface area contributed by atoms with Gasteiger partial charge in [0.15, 0.2) is 10.8 Å². The number of hydrogen-bond acceptors (Lipinski definition) is 18. The number of thiocarbonyl (C=S) groups is 1. The second-order valence-electron chi connectivity index (χ2n) is 22.6. The summed E-state index contributed by atoms with van der Waals surface area (Å²) in [6.45, 7) is 10.1. The number of amides is 9. The summed E-state index contributed by atoms with van der Waals surface area (Å²) in [6.07, 6.45) is 1.42. The number of carbonyl (C=O) groups excluding carboxylic acids is 9. The van der Waals surface area contributed by atoms with Crippen molar-refractivity contribution in [3.05, 3.63) is 70.8 Å². The molecule has 2 saturated heterocycles. The van der Waals surface area contributed by atoms with E-state index in [0.717, 1.165) is 11.1 Å². The van der Waals surface area contributed by atoms with Gasteiger partial charge in [0.05, 0.1) is 52.1 Å². The second-order valence-corrected chi connectivity index (χ2v) is 23.4. The van der Waals surface area contributed by atoms with Crippen molar-refractivity contribution in [3.63, 3.8) is 0 Å². The van der Waals surface area contributed by atoms with Gasteiger partial charge < -0.3 is 75.6 Å². The third kappa shape index (κ3) is 19.4. The zero-order valence-corrected chi connectivity index (χ0v) is 52.2. The number of hydrogen-bond donors (Lipinski definition) is 9. The number of methoxy groups -OCH3 is 2. The number of nitrogens with zero attached hydrogens (tertiary/aromatic N) is 2. The number of alkyl carbamates (subject to hydrolysis) is 1. The number of nitrogens with two attached hydrogens (primary N) is 1. The van der Waals surface area contributed by atoms with Gasteiger partial charge in [-0.25, -0.2) is 19.2 Å². The highest BCUT2D eigenvalue weighted by molar-refractivity contribution is 7.80. The molecule has 3 heterocycles. The van der Waals surface area contributed by atoms with Gasteiger partial charge >= 0.3 is 24.2 Å². The van der Waals surface area contributed by atoms with Crippen molar-refractivity contribution in [1.82, 2.24) is 31.6 Å². The fourth-order valence-corrected chi connectivity index (χ4v) is 11.1. The lowest BCUT2D eigenvalue weighted by atomic mass is 9.83. The van der Waals surface area contributed by atoms with Crippen molar-refractivity contribution in [2.45, 2.75) is 129 Å². The van der Waals surface area contributed by atoms with Crippen molar-refractivity contribution in [2.24, 2.45) is 28.9 Å². The van der Waals surface area contributed by atoms with E-state index in [0.29, 0.717) is 35.0 Å². The standard InChI is InChI=1S/C59H81ClN10O17S/c1-33(2)51(67-55(88)63-22-24-84-26-25-83-23-20-49(74)87-70-46(71)18-19-47(70)72)53(76)66-40(12-10-21-62-54(61)77)52(75)64-37-14-16-38(17-15-37)65-56(78)86-45-30-48(73)69(6)41-28-36(29-42(81-7)50(41)60)27-34(3)11-9-13-44(82-8)59(80)32-43(85-57(79)68-59)35(4)39-31-58(39,45)5/h9,11,13-17,28-29,33,35,39-40,43-45,51,80H,10,12,18-27,30-32H2,1-8H3,(H,64,75)(H,65,78)(H,66,76)(H,68,79)(H3,61,62,77)(H2,63,67,88)/b13-9+,34-11+/t35-,39-,40-,43-,44+,45-,51-,58+,59-/m0/s1. The van der Waals surface area contributed by atoms with Crippen molar-refractivity contribution in [2.75, 3.05) is 76.3 Å². The fourth-order valence-electron chi connectivity index (χ4n) is 10.6. The molecular weight excluding hydrogens is 1190 g/mol. The summed E-state index contributed by atoms with van der Waals surface area (Å²) < 4.78 is 34.2. The largest absolute Gasteiger partial charge is 0.495 e. The molecule has 1 saturated carbocycles. The number of urea groups is 1. The molecule has 6 rings (SSSR count). The molecule has 88 heavy (non-hydrogen) atoms. The van der Waals surface area contributed by atoms with Crippen LogP contribution < -0.4 is 52.6 Å². The van der Waals surface area contributed by atoms with Gasteiger partial charge in [0.25, 0.3) is 11.8 Å². The molecule has 482 valence electrons. The highest BCUT2D eigenvalue weighted by Crippen LogP contribution is 2.61. The zero-order chi connectivity index (χ0) is 64.5. The van der Waals surface area contributed by atoms with E-state index in [2.05, 4.69) is 37.2 Å². The monoisotopic (exact) mass is 1270 g/mol. The molecule has 4 aliphatic rings. The van der Waals surface area contributed by atoms with Gasteiger partial charge in [0, 0.05) is 63.3 Å². The van der Waals surface area contributed by atoms with Crippen LogP contribution in [0.25, 0.3) is 0 Å². The summed E-state index contributed by atoms with van der Waals surface area (Å²) in [4.78, 5) is 122. The molecule has 29 heteroatoms. The lowest BCUT2D eigenvalue weighted by molar-refractivity contribution is -0.198. The molecule has 27 nitrogen and oxygen atoms in total. The van der Waals surface area contributed by atoms with E-state index in [4.69, 9.17) is 62.8 Å². The lowest BCUT2D eigenvalue weighted by Gasteiger charge is -2.42. The number of allylic oxidation sites excluding steroid dienone is 3. The maximum atomic E-state index is 14.5. The van der Waals surface area contributed by atoms with Crippen LogP contribution in [-0.4, -0.2) is 166 Å². The number of imide groups is 1. The normalized spacial score (nSPS) is 24.4. The average molecular weight is 1270 g/mol. The minimum atomic E-state index is -1.85. The molecule has 2 aromatic carbocycles. The third-order valence-electron chi connectivity index (χ3n) is 15.7. The molecule has 0 radical (unpaired) electrons. The molecule has 4 bridgehead atoms. The Hall–Kier alpha value is -7.63. The van der Waals surface area contributed by atoms with Crippen LogP contribution in [0.5, 0.6) is 5.75 Å². The van der Waals surface area contributed by atoms with Crippen LogP contribution in [0.15, 0.2) is 60.2 Å². The van der Waals surface area contributed by atoms with Gasteiger partial charge in [-0.15, -0.1) is 5.06 Å². The van der Waals surface area contributed by atoms with E-state index in [1.807, 2.05) is 26.8 Å². The number of benzene rings is 2. The zero-order valence-electron chi connectivity index (χ0n) is 50.7. The molecular formula is C59H81ClN10O17S. The van der Waals surface area contributed by atoms with Crippen molar-refractivity contribution in [3.8, 4) is 5.75 Å². The number of primary amides is 1. The molecule has 9 atom stereocenters. The Morgan fingerprint density at radius 2 is 1.58 bits per heavy atom. The Bertz CT molecular complexity index is 2940. The molecule has 0 aromatic heterocycles. The van der Waals surface area contributed by atoms with Gasteiger partial charge in [-0.3, -0.25) is 34.6 Å². The molecule has 0 unspecified atom stereocenters. The average Bonchev–Trinajstić information content (AvgIpc) is 1.58. The van der Waals surface area contributed by atoms with E-state index in [-0.39, 0.29) is 112 Å². The van der Waals surface area contributed by atoms with E-state index in [1.165, 1.54) is 43.4 Å². The van der Waals surface area contributed by atoms with Gasteiger partial charge in [0.2, 0.25) is 17.7 Å². The van der Waals surface area contributed by atoms with Gasteiger partial charge in [0.1, 0.15) is 41.2 Å². The van der Waals surface area contributed by atoms with Gasteiger partial charge in [-0.2, -0.15) is 0 Å². The molecule has 0 spiro atoms. The summed E-state index contributed by atoms with van der Waals surface area (Å²) in [5, 5.41) is 32.1. The topological polar surface area (TPSA) is 355 Å². The first-order valence-corrected chi connectivity index (χ1v) is 29.7. The van der Waals surface area contributed by atoms with Crippen LogP contribution in [0.3, 0.4) is 0 Å². The summed E-state index contributed by atoms with van der Waals surface area (Å²) >= 11 is 12.3. The number of ether oxygens (including phenoxy) is 6. The number of anilines is 3. The first-order chi connectivity index (χ1) is 41.7. The molecule has 10 N–H and O–H groups in total. The minimum Gasteiger partial charge on any atom is -0.495 e. The predicted octanol–water partition coefficient (Wildman–Crippen LogP) is 4.63. The summed E-state index contributed by atoms with van der Waals surface area (Å²) in [5.74, 6) is -4.13. The Balaban J connectivity index is 1.07. The Morgan fingerprint density at radius 3 is 2.23 bits per heavy atom. The number of rotatable bonds is 24. The summed E-state index contributed by atoms with van der Waals surface area (Å²) in [5.41, 5.74) is 5.19. The molecule has 3 fully saturated rings. The molecule has 2 aromatic rings. The van der Waals surface area contributed by atoms with Crippen molar-refractivity contribution < 1.29 is 81.5 Å². The highest BCUT2D eigenvalue weighted by Gasteiger charge is 2.62. The van der Waals surface area contributed by atoms with Crippen LogP contribution in [0, 0.1) is 23.2 Å². The van der Waals surface area contributed by atoms with Crippen molar-refractivity contribution >= 4 is 99.7 Å². The van der Waals surface area contributed by atoms with E-state index in [9.17, 15) is 48.3 Å². The Kier molecular flexibility index (Phi) is 25.3. The van der Waals surface area contributed by atoms with Crippen LogP contribution in [-0.2, 0) is 63.7 Å². The SMILES string of the molecule is COc1cc2cc(c1Cl)N(C)C(=O)C[C@H](OC(=O)Nc1ccc(NC(=O)[C@H](CCCNC(N)=O)NC(=O)[C@@H](NC(=S)NCCOCCOCCC(=O)ON3C(=O)CCC3=O)C(C)C)cc1)[C@]1(C)C[C@H]1[C@H](C)[C@@H]1C[C@@](O)(NC(=O)O1)[C@H](OC)/C=C/C=C(\C)C2. The first-order valence-electron chi connectivity index (χ1n) is 28.9. The van der Waals surface area contributed by atoms with E-state index in [1.54, 1.807) is 45.2 Å². The number of halogens is 1. The number of fused-ring (bicyclic) bond motifs is 5. The maximum absolute atomic E-state index is 14.5. The van der Waals surface area contributed by atoms with Gasteiger partial charge in [-0.05, 0) is 105 Å². The molecule has 3 aliphatic heterocycles. The minimum absolute atomic E-state index is 0.00676. The van der Waals surface area contributed by atoms with E-state index >= 15 is 0 Å². The number of carbonyl (C=O) groups is 9. The molecule has 1 aliphatic carbocycles. The lowest BCUT2D eigenvalue weighted by Crippen LogP contribution is -2.63. The highest BCUT2D eigenvalue weighted by atomic mass is 35.5. The predicted molar refractivity (Wildman–Crippen MR) is 325 cm³/mol. The summed E-state index contributed by atoms with van der Waals surface area (Å²) in [6, 6.07) is 6.88. The fraction of sp³-hybridized carbons (Fsp3) is 0.559. The van der Waals surface area contributed by atoms with Crippen LogP contribution >= 0.6 is 23.8 Å². The Labute approximate surface area is 521 Å². The maximum Gasteiger partial charge on any atom is 0.411 e. The second kappa shape index (κ2) is 32.0. The Morgan fingerprint density at radius 1 is 0.909 bits per heavy atom. The third-order valence-corrected chi connectivity index (χ3v) is 16.3. The van der Waals surface area contributed by atoms with Crippen LogP contribution in [0.2, 0.25) is 5.02 Å². The smallest absolute Gasteiger partial charge is 0.411 e. The van der Waals surface area contributed by atoms with Crippen LogP contribution in [0.4, 0.5) is 31.4 Å². The number of hydroxylamine groups is 2.